The fourth-order valence-corrected chi connectivity index (χ4v) is 3.26. The summed E-state index contributed by atoms with van der Waals surface area (Å²) < 4.78 is 0. The topological polar surface area (TPSA) is 52.6 Å². The van der Waals surface area contributed by atoms with Gasteiger partial charge in [-0.15, -0.1) is 0 Å². The van der Waals surface area contributed by atoms with Gasteiger partial charge in [0.05, 0.1) is 18.2 Å². The van der Waals surface area contributed by atoms with E-state index in [1.165, 1.54) is 0 Å². The molecule has 1 amide bonds. The van der Waals surface area contributed by atoms with Crippen molar-refractivity contribution in [1.82, 2.24) is 10.2 Å². The Balaban J connectivity index is 2.13. The molecule has 0 aliphatic carbocycles. The van der Waals surface area contributed by atoms with Crippen LogP contribution in [0, 0.1) is 5.92 Å². The van der Waals surface area contributed by atoms with Crippen LogP contribution in [0.15, 0.2) is 0 Å². The van der Waals surface area contributed by atoms with E-state index >= 15 is 0 Å². The van der Waals surface area contributed by atoms with Gasteiger partial charge in [0.15, 0.2) is 0 Å². The van der Waals surface area contributed by atoms with Crippen LogP contribution in [0.1, 0.15) is 39.5 Å². The van der Waals surface area contributed by atoms with Crippen LogP contribution in [-0.2, 0) is 4.79 Å². The average molecular weight is 240 g/mol. The average Bonchev–Trinajstić information content (AvgIpc) is 2.95. The van der Waals surface area contributed by atoms with Crippen molar-refractivity contribution in [2.45, 2.75) is 51.1 Å². The fraction of sp³-hybridized carbons (Fsp3) is 0.923. The van der Waals surface area contributed by atoms with E-state index in [4.69, 9.17) is 0 Å². The van der Waals surface area contributed by atoms with Gasteiger partial charge in [-0.3, -0.25) is 4.79 Å². The van der Waals surface area contributed by atoms with Crippen LogP contribution < -0.4 is 5.32 Å². The van der Waals surface area contributed by atoms with E-state index in [1.54, 1.807) is 0 Å². The summed E-state index contributed by atoms with van der Waals surface area (Å²) in [4.78, 5) is 14.6. The number of carbonyl (C=O) groups is 1. The third-order valence-corrected chi connectivity index (χ3v) is 4.59. The lowest BCUT2D eigenvalue weighted by Gasteiger charge is -2.35. The highest BCUT2D eigenvalue weighted by atomic mass is 16.3. The summed E-state index contributed by atoms with van der Waals surface area (Å²) in [6.07, 6.45) is 3.86. The number of carbonyl (C=O) groups excluding carboxylic acids is 1. The molecule has 0 spiro atoms. The lowest BCUT2D eigenvalue weighted by atomic mass is 9.91. The minimum Gasteiger partial charge on any atom is -0.394 e. The van der Waals surface area contributed by atoms with Gasteiger partial charge in [-0.1, -0.05) is 13.8 Å². The quantitative estimate of drug-likeness (QED) is 0.765. The van der Waals surface area contributed by atoms with Gasteiger partial charge < -0.3 is 15.3 Å². The van der Waals surface area contributed by atoms with Gasteiger partial charge in [-0.25, -0.2) is 0 Å². The minimum atomic E-state index is -0.350. The number of hydrogen-bond donors (Lipinski definition) is 2. The molecule has 2 aliphatic rings. The van der Waals surface area contributed by atoms with E-state index in [9.17, 15) is 9.90 Å². The van der Waals surface area contributed by atoms with Gasteiger partial charge in [0.2, 0.25) is 5.91 Å². The molecule has 98 valence electrons. The van der Waals surface area contributed by atoms with E-state index < -0.39 is 0 Å². The summed E-state index contributed by atoms with van der Waals surface area (Å²) in [5.41, 5.74) is -0.350. The molecule has 2 rings (SSSR count). The Morgan fingerprint density at radius 3 is 2.88 bits per heavy atom. The summed E-state index contributed by atoms with van der Waals surface area (Å²) in [6, 6.07) is 0.0216. The van der Waals surface area contributed by atoms with Gasteiger partial charge in [0.1, 0.15) is 0 Å². The highest BCUT2D eigenvalue weighted by Gasteiger charge is 2.45. The molecule has 2 N–H and O–H groups in total. The maximum absolute atomic E-state index is 12.7. The number of hydrogen-bond acceptors (Lipinski definition) is 3. The molecule has 2 saturated heterocycles. The van der Waals surface area contributed by atoms with Crippen LogP contribution in [0.5, 0.6) is 0 Å². The third-order valence-electron chi connectivity index (χ3n) is 4.59. The summed E-state index contributed by atoms with van der Waals surface area (Å²) in [6.45, 7) is 6.02. The van der Waals surface area contributed by atoms with Gasteiger partial charge >= 0.3 is 0 Å². The second-order valence-electron chi connectivity index (χ2n) is 5.48. The van der Waals surface area contributed by atoms with Crippen molar-refractivity contribution in [3.8, 4) is 0 Å². The van der Waals surface area contributed by atoms with Crippen LogP contribution in [0.4, 0.5) is 0 Å². The van der Waals surface area contributed by atoms with Crippen molar-refractivity contribution in [2.24, 2.45) is 5.92 Å². The minimum absolute atomic E-state index is 0.0216. The van der Waals surface area contributed by atoms with Gasteiger partial charge in [-0.05, 0) is 38.1 Å². The molecule has 2 aliphatic heterocycles. The molecule has 0 saturated carbocycles. The number of rotatable bonds is 3. The molecule has 3 atom stereocenters. The van der Waals surface area contributed by atoms with E-state index in [2.05, 4.69) is 19.2 Å². The maximum atomic E-state index is 12.7. The Labute approximate surface area is 103 Å². The normalized spacial score (nSPS) is 37.7. The monoisotopic (exact) mass is 240 g/mol. The largest absolute Gasteiger partial charge is 0.394 e. The van der Waals surface area contributed by atoms with Crippen LogP contribution in [0.3, 0.4) is 0 Å². The number of nitrogens with one attached hydrogen (secondary N) is 1. The Morgan fingerprint density at radius 1 is 1.59 bits per heavy atom. The Bertz CT molecular complexity index is 287. The molecule has 0 radical (unpaired) electrons. The van der Waals surface area contributed by atoms with Crippen LogP contribution >= 0.6 is 0 Å². The molecule has 0 aromatic heterocycles. The molecular weight excluding hydrogens is 216 g/mol. The smallest absolute Gasteiger partial charge is 0.243 e. The molecular formula is C13H24N2O2. The number of aliphatic hydroxyl groups excluding tert-OH is 1. The first-order valence-corrected chi connectivity index (χ1v) is 6.81. The number of aliphatic hydroxyl groups is 1. The molecule has 2 fully saturated rings. The van der Waals surface area contributed by atoms with Crippen LogP contribution in [0.25, 0.3) is 0 Å². The van der Waals surface area contributed by atoms with E-state index in [0.717, 1.165) is 38.8 Å². The van der Waals surface area contributed by atoms with Crippen molar-refractivity contribution in [3.63, 3.8) is 0 Å². The Morgan fingerprint density at radius 2 is 2.35 bits per heavy atom. The van der Waals surface area contributed by atoms with Crippen molar-refractivity contribution >= 4 is 5.91 Å². The first-order chi connectivity index (χ1) is 8.14. The molecule has 0 aromatic rings. The van der Waals surface area contributed by atoms with E-state index in [1.807, 2.05) is 4.90 Å². The van der Waals surface area contributed by atoms with E-state index in [0.29, 0.717) is 5.92 Å². The molecule has 4 nitrogen and oxygen atoms in total. The fourth-order valence-electron chi connectivity index (χ4n) is 3.26. The van der Waals surface area contributed by atoms with E-state index in [-0.39, 0.29) is 24.1 Å². The van der Waals surface area contributed by atoms with Crippen molar-refractivity contribution < 1.29 is 9.90 Å². The summed E-state index contributed by atoms with van der Waals surface area (Å²) in [5.74, 6) is 0.625. The second kappa shape index (κ2) is 4.94. The first-order valence-electron chi connectivity index (χ1n) is 6.81. The highest BCUT2D eigenvalue weighted by molar-refractivity contribution is 5.87. The van der Waals surface area contributed by atoms with Crippen molar-refractivity contribution in [1.29, 1.82) is 0 Å². The summed E-state index contributed by atoms with van der Waals surface area (Å²) in [7, 11) is 0. The van der Waals surface area contributed by atoms with Crippen molar-refractivity contribution in [2.75, 3.05) is 19.7 Å². The zero-order valence-electron chi connectivity index (χ0n) is 10.9. The number of amides is 1. The zero-order chi connectivity index (χ0) is 12.5. The Hall–Kier alpha value is -0.610. The first kappa shape index (κ1) is 12.8. The summed E-state index contributed by atoms with van der Waals surface area (Å²) in [5, 5.41) is 12.8. The third kappa shape index (κ3) is 2.08. The molecule has 4 heteroatoms. The number of likely N-dealkylation sites (tertiary alicyclic amines) is 1. The molecule has 0 aromatic carbocycles. The lowest BCUT2D eigenvalue weighted by Crippen LogP contribution is -2.56. The maximum Gasteiger partial charge on any atom is 0.243 e. The Kier molecular flexibility index (Phi) is 3.73. The van der Waals surface area contributed by atoms with Crippen LogP contribution in [0.2, 0.25) is 0 Å². The SMILES string of the molecule is CCC1(C(=O)N2CCC(C)C2CO)CCCN1. The summed E-state index contributed by atoms with van der Waals surface area (Å²) >= 11 is 0. The lowest BCUT2D eigenvalue weighted by molar-refractivity contribution is -0.140. The molecule has 3 unspecified atom stereocenters. The standard InChI is InChI=1S/C13H24N2O2/c1-3-13(6-4-7-14-13)12(17)15-8-5-10(2)11(15)9-16/h10-11,14,16H,3-9H2,1-2H3. The van der Waals surface area contributed by atoms with Crippen molar-refractivity contribution in [3.05, 3.63) is 0 Å². The molecule has 2 heterocycles. The predicted octanol–water partition coefficient (Wildman–Crippen LogP) is 0.748. The van der Waals surface area contributed by atoms with Gasteiger partial charge in [0.25, 0.3) is 0 Å². The highest BCUT2D eigenvalue weighted by Crippen LogP contribution is 2.31. The number of nitrogens with zero attached hydrogens (tertiary/aromatic N) is 1. The van der Waals surface area contributed by atoms with Crippen LogP contribution in [-0.4, -0.2) is 47.2 Å². The molecule has 17 heavy (non-hydrogen) atoms. The zero-order valence-corrected chi connectivity index (χ0v) is 10.9. The van der Waals surface area contributed by atoms with Gasteiger partial charge in [-0.2, -0.15) is 0 Å². The molecule has 0 bridgehead atoms. The predicted molar refractivity (Wildman–Crippen MR) is 66.6 cm³/mol. The van der Waals surface area contributed by atoms with Gasteiger partial charge in [0, 0.05) is 6.54 Å². The second-order valence-corrected chi connectivity index (χ2v) is 5.48.